The van der Waals surface area contributed by atoms with Crippen LogP contribution in [0.1, 0.15) is 25.0 Å². The Labute approximate surface area is 153 Å². The van der Waals surface area contributed by atoms with Crippen molar-refractivity contribution in [2.24, 2.45) is 0 Å². The van der Waals surface area contributed by atoms with Gasteiger partial charge in [0, 0.05) is 12.1 Å². The van der Waals surface area contributed by atoms with Crippen molar-refractivity contribution < 1.29 is 32.7 Å². The lowest BCUT2D eigenvalue weighted by molar-refractivity contribution is -0.384. The number of nitrogens with zero attached hydrogens (tertiary/aromatic N) is 1. The lowest BCUT2D eigenvalue weighted by atomic mass is 10.1. The number of ether oxygens (including phenoxy) is 3. The summed E-state index contributed by atoms with van der Waals surface area (Å²) in [7, 11) is 0. The minimum atomic E-state index is -2.90. The lowest BCUT2D eigenvalue weighted by Gasteiger charge is -2.14. The fraction of sp³-hybridized carbons (Fsp3) is 0.278. The molecule has 2 rings (SSSR count). The van der Waals surface area contributed by atoms with E-state index in [1.807, 2.05) is 0 Å². The van der Waals surface area contributed by atoms with E-state index in [1.54, 1.807) is 6.92 Å². The normalized spacial score (nSPS) is 11.7. The summed E-state index contributed by atoms with van der Waals surface area (Å²) in [5.41, 5.74) is 0.571. The smallest absolute Gasteiger partial charge is 0.387 e. The van der Waals surface area contributed by atoms with Gasteiger partial charge in [-0.05, 0) is 36.8 Å². The minimum Gasteiger partial charge on any atom is -0.493 e. The zero-order valence-electron chi connectivity index (χ0n) is 14.3. The van der Waals surface area contributed by atoms with Gasteiger partial charge >= 0.3 is 12.6 Å². The number of benzene rings is 2. The number of hydrogen-bond donors (Lipinski definition) is 0. The van der Waals surface area contributed by atoms with Crippen LogP contribution in [0.25, 0.3) is 0 Å². The van der Waals surface area contributed by atoms with Crippen molar-refractivity contribution in [1.82, 2.24) is 0 Å². The van der Waals surface area contributed by atoms with Gasteiger partial charge in [-0.25, -0.2) is 0 Å². The highest BCUT2D eigenvalue weighted by Crippen LogP contribution is 2.22. The molecule has 0 fully saturated rings. The molecule has 0 saturated heterocycles. The predicted octanol–water partition coefficient (Wildman–Crippen LogP) is 4.27. The maximum absolute atomic E-state index is 12.1. The average molecular weight is 381 g/mol. The van der Waals surface area contributed by atoms with Crippen LogP contribution in [0.3, 0.4) is 0 Å². The molecule has 9 heteroatoms. The van der Waals surface area contributed by atoms with Crippen molar-refractivity contribution in [3.63, 3.8) is 0 Å². The van der Waals surface area contributed by atoms with Crippen LogP contribution in [-0.4, -0.2) is 24.1 Å². The van der Waals surface area contributed by atoms with Gasteiger partial charge in [-0.15, -0.1) is 0 Å². The summed E-state index contributed by atoms with van der Waals surface area (Å²) in [6, 6.07) is 11.3. The Bertz CT molecular complexity index is 764. The average Bonchev–Trinajstić information content (AvgIpc) is 2.62. The van der Waals surface area contributed by atoms with E-state index in [0.29, 0.717) is 11.3 Å². The number of nitro benzene ring substituents is 1. The van der Waals surface area contributed by atoms with Crippen LogP contribution in [0, 0.1) is 10.1 Å². The number of hydrogen-bond acceptors (Lipinski definition) is 6. The van der Waals surface area contributed by atoms with Gasteiger partial charge in [-0.1, -0.05) is 12.1 Å². The molecule has 0 heterocycles. The molecule has 0 radical (unpaired) electrons. The Balaban J connectivity index is 1.76. The van der Waals surface area contributed by atoms with E-state index in [9.17, 15) is 23.7 Å². The second-order valence-electron chi connectivity index (χ2n) is 5.43. The minimum absolute atomic E-state index is 0.0174. The molecule has 0 spiro atoms. The number of esters is 1. The maximum atomic E-state index is 12.1. The first-order chi connectivity index (χ1) is 12.8. The van der Waals surface area contributed by atoms with E-state index < -0.39 is 23.6 Å². The SMILES string of the molecule is CC(OC(=O)CCOc1ccc([N+](=O)[O-])cc1)c1ccc(OC(F)F)cc1. The van der Waals surface area contributed by atoms with Crippen LogP contribution >= 0.6 is 0 Å². The van der Waals surface area contributed by atoms with Crippen LogP contribution in [0.15, 0.2) is 48.5 Å². The van der Waals surface area contributed by atoms with Crippen LogP contribution in [0.4, 0.5) is 14.5 Å². The molecule has 0 N–H and O–H groups in total. The first-order valence-electron chi connectivity index (χ1n) is 7.96. The number of halogens is 2. The summed E-state index contributed by atoms with van der Waals surface area (Å²) in [5, 5.41) is 10.6. The number of alkyl halides is 2. The molecular formula is C18H17F2NO6. The van der Waals surface area contributed by atoms with Gasteiger partial charge < -0.3 is 14.2 Å². The van der Waals surface area contributed by atoms with Gasteiger partial charge in [0.2, 0.25) is 0 Å². The van der Waals surface area contributed by atoms with Crippen LogP contribution in [-0.2, 0) is 9.53 Å². The zero-order chi connectivity index (χ0) is 19.8. The maximum Gasteiger partial charge on any atom is 0.387 e. The van der Waals surface area contributed by atoms with Crippen molar-refractivity contribution >= 4 is 11.7 Å². The summed E-state index contributed by atoms with van der Waals surface area (Å²) in [4.78, 5) is 21.9. The van der Waals surface area contributed by atoms with Crippen molar-refractivity contribution in [3.8, 4) is 11.5 Å². The van der Waals surface area contributed by atoms with Crippen molar-refractivity contribution in [1.29, 1.82) is 0 Å². The molecule has 1 unspecified atom stereocenters. The Kier molecular flexibility index (Phi) is 7.04. The van der Waals surface area contributed by atoms with Crippen molar-refractivity contribution in [2.75, 3.05) is 6.61 Å². The molecule has 1 atom stereocenters. The predicted molar refractivity (Wildman–Crippen MR) is 90.8 cm³/mol. The summed E-state index contributed by atoms with van der Waals surface area (Å²) in [6.07, 6.45) is -0.592. The van der Waals surface area contributed by atoms with Gasteiger partial charge in [0.25, 0.3) is 5.69 Å². The Morgan fingerprint density at radius 2 is 1.67 bits per heavy atom. The largest absolute Gasteiger partial charge is 0.493 e. The number of non-ortho nitro benzene ring substituents is 1. The van der Waals surface area contributed by atoms with Crippen molar-refractivity contribution in [3.05, 3.63) is 64.2 Å². The second kappa shape index (κ2) is 9.46. The zero-order valence-corrected chi connectivity index (χ0v) is 14.3. The molecule has 0 aliphatic rings. The van der Waals surface area contributed by atoms with E-state index in [1.165, 1.54) is 48.5 Å². The fourth-order valence-corrected chi connectivity index (χ4v) is 2.16. The molecule has 0 aliphatic heterocycles. The summed E-state index contributed by atoms with van der Waals surface area (Å²) < 4.78 is 39.1. The topological polar surface area (TPSA) is 87.9 Å². The number of carbonyl (C=O) groups is 1. The van der Waals surface area contributed by atoms with Crippen LogP contribution in [0.5, 0.6) is 11.5 Å². The third-order valence-corrected chi connectivity index (χ3v) is 3.51. The number of rotatable bonds is 9. The highest BCUT2D eigenvalue weighted by atomic mass is 19.3. The molecular weight excluding hydrogens is 364 g/mol. The van der Waals surface area contributed by atoms with Crippen LogP contribution < -0.4 is 9.47 Å². The summed E-state index contributed by atoms with van der Waals surface area (Å²) in [5.74, 6) is -0.0860. The number of nitro groups is 1. The van der Waals surface area contributed by atoms with Gasteiger partial charge in [0.05, 0.1) is 18.0 Å². The van der Waals surface area contributed by atoms with Gasteiger partial charge in [-0.3, -0.25) is 14.9 Å². The summed E-state index contributed by atoms with van der Waals surface area (Å²) >= 11 is 0. The Morgan fingerprint density at radius 3 is 2.22 bits per heavy atom. The molecule has 27 heavy (non-hydrogen) atoms. The fourth-order valence-electron chi connectivity index (χ4n) is 2.16. The van der Waals surface area contributed by atoms with E-state index in [4.69, 9.17) is 9.47 Å². The number of carbonyl (C=O) groups excluding carboxylic acids is 1. The first kappa shape index (κ1) is 20.1. The van der Waals surface area contributed by atoms with E-state index >= 15 is 0 Å². The molecule has 0 saturated carbocycles. The van der Waals surface area contributed by atoms with E-state index in [2.05, 4.69) is 4.74 Å². The molecule has 0 aliphatic carbocycles. The lowest BCUT2D eigenvalue weighted by Crippen LogP contribution is -2.12. The second-order valence-corrected chi connectivity index (χ2v) is 5.43. The monoisotopic (exact) mass is 381 g/mol. The first-order valence-corrected chi connectivity index (χ1v) is 7.96. The molecule has 144 valence electrons. The Morgan fingerprint density at radius 1 is 1.07 bits per heavy atom. The molecule has 0 amide bonds. The molecule has 2 aromatic carbocycles. The molecule has 7 nitrogen and oxygen atoms in total. The standard InChI is InChI=1S/C18H17F2NO6/c1-12(13-2-6-16(7-3-13)27-18(19)20)26-17(22)10-11-25-15-8-4-14(5-9-15)21(23)24/h2-9,12,18H,10-11H2,1H3. The summed E-state index contributed by atoms with van der Waals surface area (Å²) in [6.45, 7) is -1.20. The van der Waals surface area contributed by atoms with Gasteiger partial charge in [0.15, 0.2) is 0 Å². The van der Waals surface area contributed by atoms with Crippen molar-refractivity contribution in [2.45, 2.75) is 26.1 Å². The Hall–Kier alpha value is -3.23. The third kappa shape index (κ3) is 6.53. The highest BCUT2D eigenvalue weighted by molar-refractivity contribution is 5.69. The molecule has 2 aromatic rings. The van der Waals surface area contributed by atoms with Gasteiger partial charge in [0.1, 0.15) is 17.6 Å². The quantitative estimate of drug-likeness (QED) is 0.366. The van der Waals surface area contributed by atoms with Gasteiger partial charge in [-0.2, -0.15) is 8.78 Å². The molecule has 0 aromatic heterocycles. The van der Waals surface area contributed by atoms with E-state index in [-0.39, 0.29) is 24.5 Å². The highest BCUT2D eigenvalue weighted by Gasteiger charge is 2.13. The molecule has 0 bridgehead atoms. The van der Waals surface area contributed by atoms with E-state index in [0.717, 1.165) is 0 Å². The third-order valence-electron chi connectivity index (χ3n) is 3.51. The van der Waals surface area contributed by atoms with Crippen LogP contribution in [0.2, 0.25) is 0 Å².